The van der Waals surface area contributed by atoms with Crippen LogP contribution in [-0.2, 0) is 17.8 Å². The van der Waals surface area contributed by atoms with Crippen molar-refractivity contribution in [2.24, 2.45) is 4.99 Å². The van der Waals surface area contributed by atoms with E-state index in [0.29, 0.717) is 29.8 Å². The normalized spacial score (nSPS) is 15.6. The van der Waals surface area contributed by atoms with E-state index in [1.54, 1.807) is 18.1 Å². The Balaban J connectivity index is 1.27. The molecule has 0 saturated carbocycles. The second kappa shape index (κ2) is 11.3. The van der Waals surface area contributed by atoms with Gasteiger partial charge in [0.1, 0.15) is 12.4 Å². The molecule has 0 saturated heterocycles. The van der Waals surface area contributed by atoms with Crippen molar-refractivity contribution in [3.63, 3.8) is 0 Å². The smallest absolute Gasteiger partial charge is 0.283 e. The summed E-state index contributed by atoms with van der Waals surface area (Å²) < 4.78 is 13.7. The van der Waals surface area contributed by atoms with E-state index in [-0.39, 0.29) is 11.4 Å². The number of amidine groups is 2. The van der Waals surface area contributed by atoms with Gasteiger partial charge in [0, 0.05) is 28.1 Å². The lowest BCUT2D eigenvalue weighted by atomic mass is 10.1. The quantitative estimate of drug-likeness (QED) is 0.181. The van der Waals surface area contributed by atoms with Crippen LogP contribution >= 0.6 is 11.8 Å². The summed E-state index contributed by atoms with van der Waals surface area (Å²) >= 11 is 1.36. The Morgan fingerprint density at radius 2 is 1.85 bits per heavy atom. The van der Waals surface area contributed by atoms with Gasteiger partial charge in [-0.25, -0.2) is 0 Å². The third kappa shape index (κ3) is 5.10. The van der Waals surface area contributed by atoms with Crippen LogP contribution in [0.15, 0.2) is 108 Å². The fourth-order valence-corrected chi connectivity index (χ4v) is 5.91. The fraction of sp³-hybridized carbons (Fsp3) is 0.121. The molecule has 1 aromatic heterocycles. The topological polar surface area (TPSA) is 79.9 Å². The van der Waals surface area contributed by atoms with Crippen LogP contribution in [0.5, 0.6) is 11.5 Å². The first-order valence-corrected chi connectivity index (χ1v) is 14.1. The molecule has 1 amide bonds. The van der Waals surface area contributed by atoms with Crippen molar-refractivity contribution in [3.05, 3.63) is 119 Å². The molecule has 2 aliphatic rings. The van der Waals surface area contributed by atoms with E-state index in [1.807, 2.05) is 90.5 Å². The summed E-state index contributed by atoms with van der Waals surface area (Å²) in [4.78, 5) is 19.1. The van der Waals surface area contributed by atoms with Gasteiger partial charge in [-0.2, -0.15) is 4.99 Å². The Morgan fingerprint density at radius 3 is 2.66 bits per heavy atom. The number of aliphatic imine (C=N–C) groups is 1. The Hall–Kier alpha value is -4.82. The van der Waals surface area contributed by atoms with E-state index in [4.69, 9.17) is 14.9 Å². The molecule has 204 valence electrons. The number of ether oxygens (including phenoxy) is 2. The Kier molecular flexibility index (Phi) is 7.31. The zero-order chi connectivity index (χ0) is 28.3. The summed E-state index contributed by atoms with van der Waals surface area (Å²) in [6, 6.07) is 23.8. The van der Waals surface area contributed by atoms with Crippen molar-refractivity contribution in [1.82, 2.24) is 9.47 Å². The van der Waals surface area contributed by atoms with Crippen LogP contribution in [0.2, 0.25) is 0 Å². The molecular weight excluding hydrogens is 532 g/mol. The highest BCUT2D eigenvalue weighted by Crippen LogP contribution is 2.38. The molecule has 1 N–H and O–H groups in total. The number of rotatable bonds is 9. The Labute approximate surface area is 242 Å². The molecule has 6 rings (SSSR count). The minimum Gasteiger partial charge on any atom is -0.493 e. The van der Waals surface area contributed by atoms with E-state index in [0.717, 1.165) is 39.7 Å². The van der Waals surface area contributed by atoms with Crippen LogP contribution in [0.3, 0.4) is 0 Å². The predicted molar refractivity (Wildman–Crippen MR) is 166 cm³/mol. The molecule has 3 heterocycles. The summed E-state index contributed by atoms with van der Waals surface area (Å²) in [6.45, 7) is 4.80. The largest absolute Gasteiger partial charge is 0.493 e. The highest BCUT2D eigenvalue weighted by Gasteiger charge is 2.36. The molecule has 0 fully saturated rings. The number of methoxy groups -OCH3 is 1. The molecule has 0 bridgehead atoms. The maximum atomic E-state index is 13.1. The van der Waals surface area contributed by atoms with Gasteiger partial charge in [-0.05, 0) is 41.8 Å². The van der Waals surface area contributed by atoms with Gasteiger partial charge in [-0.3, -0.25) is 15.1 Å². The number of para-hydroxylation sites is 1. The molecule has 2 aliphatic heterocycles. The summed E-state index contributed by atoms with van der Waals surface area (Å²) in [5.41, 5.74) is 5.02. The second-order valence-electron chi connectivity index (χ2n) is 9.55. The van der Waals surface area contributed by atoms with Gasteiger partial charge < -0.3 is 14.0 Å². The maximum absolute atomic E-state index is 13.1. The van der Waals surface area contributed by atoms with Crippen molar-refractivity contribution in [2.45, 2.75) is 13.0 Å². The minimum atomic E-state index is -0.413. The number of thioether (sulfide) groups is 1. The second-order valence-corrected chi connectivity index (χ2v) is 10.4. The summed E-state index contributed by atoms with van der Waals surface area (Å²) in [6.07, 6.45) is 6.39. The van der Waals surface area contributed by atoms with Crippen molar-refractivity contribution in [1.29, 1.82) is 5.41 Å². The number of hydrogen-bond acceptors (Lipinski definition) is 5. The molecule has 0 atom stereocenters. The first kappa shape index (κ1) is 26.4. The number of hydrogen-bond donors (Lipinski definition) is 1. The first-order valence-electron chi connectivity index (χ1n) is 13.2. The predicted octanol–water partition coefficient (Wildman–Crippen LogP) is 6.76. The summed E-state index contributed by atoms with van der Waals surface area (Å²) in [5.74, 6) is 1.07. The molecule has 0 radical (unpaired) electrons. The zero-order valence-electron chi connectivity index (χ0n) is 22.5. The lowest BCUT2D eigenvalue weighted by Gasteiger charge is -2.26. The summed E-state index contributed by atoms with van der Waals surface area (Å²) in [5, 5.41) is 12.4. The number of nitrogens with zero attached hydrogens (tertiary/aromatic N) is 3. The van der Waals surface area contributed by atoms with Gasteiger partial charge in [0.2, 0.25) is 0 Å². The maximum Gasteiger partial charge on any atom is 0.283 e. The van der Waals surface area contributed by atoms with Crippen molar-refractivity contribution in [3.8, 4) is 11.5 Å². The van der Waals surface area contributed by atoms with Gasteiger partial charge in [-0.15, -0.1) is 6.58 Å². The summed E-state index contributed by atoms with van der Waals surface area (Å²) in [7, 11) is 1.63. The first-order chi connectivity index (χ1) is 20.1. The number of amides is 1. The molecule has 4 aromatic rings. The number of carbonyl (C=O) groups excluding carboxylic acids is 1. The van der Waals surface area contributed by atoms with Crippen molar-refractivity contribution >= 4 is 51.3 Å². The Bertz CT molecular complexity index is 1770. The lowest BCUT2D eigenvalue weighted by Crippen LogP contribution is -2.38. The van der Waals surface area contributed by atoms with Crippen LogP contribution in [0.25, 0.3) is 22.7 Å². The number of nitrogens with one attached hydrogen (secondary N) is 1. The molecule has 0 unspecified atom stereocenters. The zero-order valence-corrected chi connectivity index (χ0v) is 23.4. The molecule has 3 aromatic carbocycles. The van der Waals surface area contributed by atoms with Crippen LogP contribution < -0.4 is 9.47 Å². The van der Waals surface area contributed by atoms with Crippen LogP contribution in [-0.4, -0.2) is 40.1 Å². The molecule has 41 heavy (non-hydrogen) atoms. The number of carbonyl (C=O) groups is 1. The fourth-order valence-electron chi connectivity index (χ4n) is 5.02. The van der Waals surface area contributed by atoms with Gasteiger partial charge >= 0.3 is 0 Å². The highest BCUT2D eigenvalue weighted by atomic mass is 32.2. The van der Waals surface area contributed by atoms with Gasteiger partial charge in [0.25, 0.3) is 5.91 Å². The lowest BCUT2D eigenvalue weighted by molar-refractivity contribution is -0.114. The monoisotopic (exact) mass is 560 g/mol. The average Bonchev–Trinajstić information content (AvgIpc) is 3.58. The van der Waals surface area contributed by atoms with E-state index >= 15 is 0 Å². The number of allylic oxidation sites excluding steroid dienone is 1. The van der Waals surface area contributed by atoms with Gasteiger partial charge in [0.15, 0.2) is 16.7 Å². The van der Waals surface area contributed by atoms with Gasteiger partial charge in [-0.1, -0.05) is 72.4 Å². The van der Waals surface area contributed by atoms with Crippen molar-refractivity contribution in [2.75, 3.05) is 13.7 Å². The van der Waals surface area contributed by atoms with E-state index in [1.165, 1.54) is 11.8 Å². The number of fused-ring (bicyclic) bond motifs is 2. The van der Waals surface area contributed by atoms with Crippen LogP contribution in [0.4, 0.5) is 0 Å². The molecule has 0 spiro atoms. The highest BCUT2D eigenvalue weighted by molar-refractivity contribution is 8.17. The SMILES string of the molecule is C=CCc1ccc(OCCn2cc(/C=C3\C(=N)N4C(c5ccccc5)=CSC4=NC3=O)c3ccccc32)c(OC)c1. The van der Waals surface area contributed by atoms with E-state index in [9.17, 15) is 4.79 Å². The minimum absolute atomic E-state index is 0.118. The number of benzene rings is 3. The molecular formula is C33H28N4O3S. The number of aromatic nitrogens is 1. The Morgan fingerprint density at radius 1 is 1.05 bits per heavy atom. The van der Waals surface area contributed by atoms with Crippen molar-refractivity contribution < 1.29 is 14.3 Å². The third-order valence-electron chi connectivity index (χ3n) is 7.00. The van der Waals surface area contributed by atoms with E-state index in [2.05, 4.69) is 16.1 Å². The average molecular weight is 561 g/mol. The van der Waals surface area contributed by atoms with Gasteiger partial charge in [0.05, 0.1) is 24.9 Å². The molecule has 0 aliphatic carbocycles. The third-order valence-corrected chi connectivity index (χ3v) is 7.83. The van der Waals surface area contributed by atoms with Crippen LogP contribution in [0.1, 0.15) is 16.7 Å². The standard InChI is InChI=1S/C33H28N4O3S/c1-3-9-22-14-15-29(30(18-22)39-2)40-17-16-36-20-24(25-12-7-8-13-27(25)36)19-26-31(34)37-28(23-10-5-4-6-11-23)21-41-33(37)35-32(26)38/h3-8,10-15,18-21,34H,1,9,16-17H2,2H3/b26-19+,34-31?. The van der Waals surface area contributed by atoms with E-state index < -0.39 is 5.91 Å². The molecule has 7 nitrogen and oxygen atoms in total. The molecule has 8 heteroatoms. The van der Waals surface area contributed by atoms with Crippen LogP contribution in [0, 0.1) is 5.41 Å².